The van der Waals surface area contributed by atoms with Crippen molar-refractivity contribution in [1.29, 1.82) is 0 Å². The first kappa shape index (κ1) is 14.3. The number of thiazole rings is 1. The van der Waals surface area contributed by atoms with Gasteiger partial charge in [-0.2, -0.15) is 0 Å². The minimum atomic E-state index is 0.0135. The molecule has 1 aromatic carbocycles. The van der Waals surface area contributed by atoms with Crippen molar-refractivity contribution in [2.75, 3.05) is 24.6 Å². The predicted octanol–water partition coefficient (Wildman–Crippen LogP) is 2.37. The summed E-state index contributed by atoms with van der Waals surface area (Å²) in [6.45, 7) is 2.79. The molecule has 2 aromatic rings. The molecule has 7 heteroatoms. The maximum Gasteiger partial charge on any atom is 0.324 e. The Kier molecular flexibility index (Phi) is 2.91. The SMILES string of the molecule is O=C1N[C@@H]2CCN(C3CC3)C[C@@H]2N1c1nc2c3c(ccc2s1)OCC3. The van der Waals surface area contributed by atoms with Gasteiger partial charge in [0.05, 0.1) is 28.9 Å². The van der Waals surface area contributed by atoms with Gasteiger partial charge >= 0.3 is 6.03 Å². The monoisotopic (exact) mass is 356 g/mol. The van der Waals surface area contributed by atoms with Crippen molar-refractivity contribution in [3.63, 3.8) is 0 Å². The fourth-order valence-corrected chi connectivity index (χ4v) is 5.58. The van der Waals surface area contributed by atoms with Crippen LogP contribution in [0.3, 0.4) is 0 Å². The summed E-state index contributed by atoms with van der Waals surface area (Å²) in [6, 6.07) is 5.32. The van der Waals surface area contributed by atoms with Gasteiger partial charge in [-0.1, -0.05) is 11.3 Å². The smallest absolute Gasteiger partial charge is 0.324 e. The topological polar surface area (TPSA) is 57.7 Å². The van der Waals surface area contributed by atoms with E-state index in [4.69, 9.17) is 9.72 Å². The van der Waals surface area contributed by atoms with Crippen LogP contribution in [0.2, 0.25) is 0 Å². The Labute approximate surface area is 149 Å². The van der Waals surface area contributed by atoms with Crippen molar-refractivity contribution in [3.05, 3.63) is 17.7 Å². The number of nitrogens with zero attached hydrogens (tertiary/aromatic N) is 3. The van der Waals surface area contributed by atoms with Gasteiger partial charge in [-0.05, 0) is 31.4 Å². The van der Waals surface area contributed by atoms with Crippen molar-refractivity contribution in [1.82, 2.24) is 15.2 Å². The minimum Gasteiger partial charge on any atom is -0.493 e. The number of rotatable bonds is 2. The lowest BCUT2D eigenvalue weighted by atomic mass is 10.0. The molecular weight excluding hydrogens is 336 g/mol. The third kappa shape index (κ3) is 2.12. The van der Waals surface area contributed by atoms with Gasteiger partial charge in [-0.15, -0.1) is 0 Å². The molecular formula is C18H20N4O2S. The molecule has 0 unspecified atom stereocenters. The van der Waals surface area contributed by atoms with Gasteiger partial charge < -0.3 is 10.1 Å². The first-order chi connectivity index (χ1) is 12.3. The average molecular weight is 356 g/mol. The predicted molar refractivity (Wildman–Crippen MR) is 96.6 cm³/mol. The lowest BCUT2D eigenvalue weighted by Crippen LogP contribution is -2.52. The van der Waals surface area contributed by atoms with Crippen LogP contribution in [0.5, 0.6) is 5.75 Å². The molecule has 3 fully saturated rings. The van der Waals surface area contributed by atoms with Crippen LogP contribution < -0.4 is 15.0 Å². The van der Waals surface area contributed by atoms with Crippen LogP contribution in [-0.4, -0.2) is 53.7 Å². The largest absolute Gasteiger partial charge is 0.493 e. The van der Waals surface area contributed by atoms with Gasteiger partial charge in [0.1, 0.15) is 5.75 Å². The number of piperidine rings is 1. The van der Waals surface area contributed by atoms with Crippen LogP contribution in [0.25, 0.3) is 10.2 Å². The van der Waals surface area contributed by atoms with Crippen molar-refractivity contribution < 1.29 is 9.53 Å². The van der Waals surface area contributed by atoms with Crippen molar-refractivity contribution in [3.8, 4) is 5.75 Å². The Bertz CT molecular complexity index is 877. The number of hydrogen-bond donors (Lipinski definition) is 1. The van der Waals surface area contributed by atoms with Crippen LogP contribution in [0.15, 0.2) is 12.1 Å². The van der Waals surface area contributed by atoms with Crippen LogP contribution in [0.4, 0.5) is 9.93 Å². The highest BCUT2D eigenvalue weighted by molar-refractivity contribution is 7.22. The molecule has 1 saturated carbocycles. The number of anilines is 1. The second kappa shape index (κ2) is 5.08. The standard InChI is InChI=1S/C18H20N4O2S/c23-17-19-12-5-7-21(10-1-2-10)9-13(12)22(17)18-20-16-11-6-8-24-14(11)3-4-15(16)25-18/h3-4,10,12-13H,1-2,5-9H2,(H,19,23)/t12-,13+/m1/s1. The molecule has 6 nitrogen and oxygen atoms in total. The molecule has 2 atom stereocenters. The number of carbonyl (C=O) groups is 1. The summed E-state index contributed by atoms with van der Waals surface area (Å²) in [5.74, 6) is 0.950. The molecule has 25 heavy (non-hydrogen) atoms. The molecule has 4 heterocycles. The number of amides is 2. The fourth-order valence-electron chi connectivity index (χ4n) is 4.53. The highest BCUT2D eigenvalue weighted by atomic mass is 32.1. The van der Waals surface area contributed by atoms with Crippen molar-refractivity contribution in [2.24, 2.45) is 0 Å². The Balaban J connectivity index is 1.39. The summed E-state index contributed by atoms with van der Waals surface area (Å²) < 4.78 is 6.80. The van der Waals surface area contributed by atoms with E-state index in [2.05, 4.69) is 16.3 Å². The Morgan fingerprint density at radius 3 is 3.08 bits per heavy atom. The average Bonchev–Trinajstić information content (AvgIpc) is 3.05. The van der Waals surface area contributed by atoms with Gasteiger partial charge in [0, 0.05) is 31.1 Å². The lowest BCUT2D eigenvalue weighted by Gasteiger charge is -2.36. The van der Waals surface area contributed by atoms with E-state index in [0.29, 0.717) is 0 Å². The zero-order valence-electron chi connectivity index (χ0n) is 13.9. The van der Waals surface area contributed by atoms with Crippen molar-refractivity contribution in [2.45, 2.75) is 43.8 Å². The minimum absolute atomic E-state index is 0.0135. The number of hydrogen-bond acceptors (Lipinski definition) is 5. The number of benzene rings is 1. The molecule has 0 radical (unpaired) electrons. The summed E-state index contributed by atoms with van der Waals surface area (Å²) in [4.78, 5) is 22.0. The highest BCUT2D eigenvalue weighted by Crippen LogP contribution is 2.40. The number of likely N-dealkylation sites (tertiary alicyclic amines) is 1. The van der Waals surface area contributed by atoms with Crippen molar-refractivity contribution >= 4 is 32.7 Å². The van der Waals surface area contributed by atoms with E-state index >= 15 is 0 Å². The van der Waals surface area contributed by atoms with Crippen LogP contribution in [0, 0.1) is 0 Å². The van der Waals surface area contributed by atoms with E-state index < -0.39 is 0 Å². The highest BCUT2D eigenvalue weighted by Gasteiger charge is 2.47. The molecule has 1 aliphatic carbocycles. The zero-order valence-corrected chi connectivity index (χ0v) is 14.7. The lowest BCUT2D eigenvalue weighted by molar-refractivity contribution is 0.187. The maximum atomic E-state index is 12.7. The number of ether oxygens (including phenoxy) is 1. The molecule has 130 valence electrons. The summed E-state index contributed by atoms with van der Waals surface area (Å²) in [5.41, 5.74) is 2.21. The van der Waals surface area contributed by atoms with E-state index in [1.54, 1.807) is 11.3 Å². The van der Waals surface area contributed by atoms with Crippen LogP contribution >= 0.6 is 11.3 Å². The molecule has 4 aliphatic rings. The molecule has 2 saturated heterocycles. The van der Waals surface area contributed by atoms with Gasteiger partial charge in [-0.3, -0.25) is 9.80 Å². The molecule has 6 rings (SSSR count). The van der Waals surface area contributed by atoms with Gasteiger partial charge in [0.25, 0.3) is 0 Å². The molecule has 1 aromatic heterocycles. The fraction of sp³-hybridized carbons (Fsp3) is 0.556. The second-order valence-corrected chi connectivity index (χ2v) is 8.50. The quantitative estimate of drug-likeness (QED) is 0.898. The second-order valence-electron chi connectivity index (χ2n) is 7.49. The first-order valence-electron chi connectivity index (χ1n) is 9.17. The molecule has 0 bridgehead atoms. The number of fused-ring (bicyclic) bond motifs is 4. The van der Waals surface area contributed by atoms with E-state index in [1.807, 2.05) is 11.0 Å². The molecule has 3 aliphatic heterocycles. The number of nitrogens with one attached hydrogen (secondary N) is 1. The van der Waals surface area contributed by atoms with Crippen LogP contribution in [0.1, 0.15) is 24.8 Å². The first-order valence-corrected chi connectivity index (χ1v) is 9.98. The zero-order chi connectivity index (χ0) is 16.5. The molecule has 2 amide bonds. The summed E-state index contributed by atoms with van der Waals surface area (Å²) >= 11 is 1.63. The Hall–Kier alpha value is -1.86. The number of aromatic nitrogens is 1. The third-order valence-electron chi connectivity index (χ3n) is 5.96. The summed E-state index contributed by atoms with van der Waals surface area (Å²) in [5, 5.41) is 4.01. The Morgan fingerprint density at radius 1 is 1.28 bits per heavy atom. The van der Waals surface area contributed by atoms with Gasteiger partial charge in [0.2, 0.25) is 0 Å². The van der Waals surface area contributed by atoms with E-state index in [-0.39, 0.29) is 18.1 Å². The summed E-state index contributed by atoms with van der Waals surface area (Å²) in [6.07, 6.45) is 4.57. The van der Waals surface area contributed by atoms with Gasteiger partial charge in [0.15, 0.2) is 5.13 Å². The summed E-state index contributed by atoms with van der Waals surface area (Å²) in [7, 11) is 0. The van der Waals surface area contributed by atoms with E-state index in [0.717, 1.165) is 59.7 Å². The Morgan fingerprint density at radius 2 is 2.20 bits per heavy atom. The van der Waals surface area contributed by atoms with Crippen LogP contribution in [-0.2, 0) is 6.42 Å². The normalized spacial score (nSPS) is 28.8. The van der Waals surface area contributed by atoms with E-state index in [9.17, 15) is 4.79 Å². The third-order valence-corrected chi connectivity index (χ3v) is 6.98. The molecule has 0 spiro atoms. The van der Waals surface area contributed by atoms with Gasteiger partial charge in [-0.25, -0.2) is 9.78 Å². The molecule has 1 N–H and O–H groups in total. The number of urea groups is 1. The maximum absolute atomic E-state index is 12.7. The van der Waals surface area contributed by atoms with E-state index in [1.165, 1.54) is 18.4 Å². The number of carbonyl (C=O) groups excluding carboxylic acids is 1.